The Hall–Kier alpha value is -2.17. The van der Waals surface area contributed by atoms with E-state index in [4.69, 9.17) is 14.6 Å². The van der Waals surface area contributed by atoms with Gasteiger partial charge in [0.1, 0.15) is 0 Å². The average Bonchev–Trinajstić information content (AvgIpc) is 2.85. The number of carboxylic acid groups (broad SMARTS) is 1. The van der Waals surface area contributed by atoms with E-state index >= 15 is 0 Å². The summed E-state index contributed by atoms with van der Waals surface area (Å²) in [6, 6.07) is 3.56. The van der Waals surface area contributed by atoms with Crippen LogP contribution in [0.3, 0.4) is 0 Å². The lowest BCUT2D eigenvalue weighted by atomic mass is 10.1. The standard InChI is InChI=1S/C16H21NO8S/c1-24-14-4-3-10(5-15(14)25-2)12(18)6-17(7-16(20)21)11-8-26(22,23)9-13(11)19/h3-5,11,13,19H,6-9H2,1-2H3,(H,20,21)/t11-,13+/m0/s1. The molecule has 0 radical (unpaired) electrons. The molecular formula is C16H21NO8S. The molecule has 0 spiro atoms. The molecule has 2 rings (SSSR count). The quantitative estimate of drug-likeness (QED) is 0.563. The number of nitrogens with zero attached hydrogens (tertiary/aromatic N) is 1. The smallest absolute Gasteiger partial charge is 0.317 e. The molecule has 0 unspecified atom stereocenters. The van der Waals surface area contributed by atoms with E-state index < -0.39 is 46.0 Å². The number of methoxy groups -OCH3 is 2. The Balaban J connectivity index is 2.23. The van der Waals surface area contributed by atoms with Gasteiger partial charge in [-0.05, 0) is 18.2 Å². The summed E-state index contributed by atoms with van der Waals surface area (Å²) < 4.78 is 33.6. The van der Waals surface area contributed by atoms with Crippen molar-refractivity contribution < 1.29 is 37.7 Å². The first kappa shape index (κ1) is 20.1. The number of sulfone groups is 1. The summed E-state index contributed by atoms with van der Waals surface area (Å²) in [5.74, 6) is -1.71. The second kappa shape index (κ2) is 8.02. The Labute approximate surface area is 151 Å². The third kappa shape index (κ3) is 4.71. The van der Waals surface area contributed by atoms with Gasteiger partial charge in [0, 0.05) is 5.56 Å². The van der Waals surface area contributed by atoms with E-state index in [-0.39, 0.29) is 17.9 Å². The molecule has 1 fully saturated rings. The molecule has 26 heavy (non-hydrogen) atoms. The summed E-state index contributed by atoms with van der Waals surface area (Å²) in [6.07, 6.45) is -1.24. The van der Waals surface area contributed by atoms with Gasteiger partial charge in [-0.15, -0.1) is 0 Å². The van der Waals surface area contributed by atoms with E-state index in [2.05, 4.69) is 0 Å². The molecule has 9 nitrogen and oxygen atoms in total. The summed E-state index contributed by atoms with van der Waals surface area (Å²) in [7, 11) is -0.605. The number of hydrogen-bond acceptors (Lipinski definition) is 8. The second-order valence-corrected chi connectivity index (χ2v) is 8.16. The zero-order chi connectivity index (χ0) is 19.5. The van der Waals surface area contributed by atoms with Crippen LogP contribution in [0.15, 0.2) is 18.2 Å². The molecule has 0 aromatic heterocycles. The molecule has 0 bridgehead atoms. The lowest BCUT2D eigenvalue weighted by molar-refractivity contribution is -0.139. The minimum absolute atomic E-state index is 0.258. The fourth-order valence-corrected chi connectivity index (χ4v) is 4.74. The number of ketones is 1. The lowest BCUT2D eigenvalue weighted by Gasteiger charge is -2.27. The van der Waals surface area contributed by atoms with Crippen LogP contribution in [-0.2, 0) is 14.6 Å². The van der Waals surface area contributed by atoms with Gasteiger partial charge in [0.2, 0.25) is 0 Å². The summed E-state index contributed by atoms with van der Waals surface area (Å²) in [6.45, 7) is -0.907. The molecule has 144 valence electrons. The van der Waals surface area contributed by atoms with Gasteiger partial charge in [-0.2, -0.15) is 0 Å². The van der Waals surface area contributed by atoms with Gasteiger partial charge in [-0.1, -0.05) is 0 Å². The highest BCUT2D eigenvalue weighted by Gasteiger charge is 2.41. The Morgan fingerprint density at radius 2 is 1.81 bits per heavy atom. The van der Waals surface area contributed by atoms with Gasteiger partial charge < -0.3 is 19.7 Å². The van der Waals surface area contributed by atoms with Gasteiger partial charge in [0.15, 0.2) is 27.1 Å². The largest absolute Gasteiger partial charge is 0.493 e. The van der Waals surface area contributed by atoms with Crippen molar-refractivity contribution in [3.8, 4) is 11.5 Å². The Morgan fingerprint density at radius 1 is 1.15 bits per heavy atom. The van der Waals surface area contributed by atoms with Crippen molar-refractivity contribution in [1.29, 1.82) is 0 Å². The number of hydrogen-bond donors (Lipinski definition) is 2. The van der Waals surface area contributed by atoms with Crippen molar-refractivity contribution in [2.45, 2.75) is 12.1 Å². The minimum atomic E-state index is -3.48. The van der Waals surface area contributed by atoms with Crippen LogP contribution in [0, 0.1) is 0 Å². The predicted octanol–water partition coefficient (Wildman–Crippen LogP) is -0.569. The summed E-state index contributed by atoms with van der Waals surface area (Å²) >= 11 is 0. The minimum Gasteiger partial charge on any atom is -0.493 e. The number of carbonyl (C=O) groups excluding carboxylic acids is 1. The third-order valence-corrected chi connectivity index (χ3v) is 5.85. The van der Waals surface area contributed by atoms with Crippen LogP contribution in [0.2, 0.25) is 0 Å². The van der Waals surface area contributed by atoms with Crippen LogP contribution in [0.25, 0.3) is 0 Å². The van der Waals surface area contributed by atoms with Crippen molar-refractivity contribution in [1.82, 2.24) is 4.90 Å². The maximum Gasteiger partial charge on any atom is 0.317 e. The first-order valence-corrected chi connectivity index (χ1v) is 9.58. The van der Waals surface area contributed by atoms with E-state index in [1.807, 2.05) is 0 Å². The number of ether oxygens (including phenoxy) is 2. The van der Waals surface area contributed by atoms with Crippen LogP contribution < -0.4 is 9.47 Å². The zero-order valence-corrected chi connectivity index (χ0v) is 15.2. The highest BCUT2D eigenvalue weighted by molar-refractivity contribution is 7.91. The summed E-state index contributed by atoms with van der Waals surface area (Å²) in [5.41, 5.74) is 0.258. The molecule has 0 saturated carbocycles. The summed E-state index contributed by atoms with van der Waals surface area (Å²) in [4.78, 5) is 24.9. The lowest BCUT2D eigenvalue weighted by Crippen LogP contribution is -2.47. The number of benzene rings is 1. The maximum atomic E-state index is 12.6. The molecule has 1 saturated heterocycles. The van der Waals surface area contributed by atoms with Crippen molar-refractivity contribution in [3.05, 3.63) is 23.8 Å². The Bertz CT molecular complexity index is 791. The Morgan fingerprint density at radius 3 is 2.31 bits per heavy atom. The fourth-order valence-electron chi connectivity index (χ4n) is 2.91. The number of aliphatic hydroxyl groups is 1. The Kier molecular flexibility index (Phi) is 6.21. The molecule has 2 N–H and O–H groups in total. The van der Waals surface area contributed by atoms with E-state index in [1.165, 1.54) is 31.3 Å². The SMILES string of the molecule is COc1ccc(C(=O)CN(CC(=O)O)[C@H]2CS(=O)(=O)C[C@H]2O)cc1OC. The number of aliphatic carboxylic acids is 1. The fraction of sp³-hybridized carbons (Fsp3) is 0.500. The molecule has 1 aliphatic heterocycles. The number of rotatable bonds is 8. The molecular weight excluding hydrogens is 366 g/mol. The van der Waals surface area contributed by atoms with Gasteiger partial charge in [-0.3, -0.25) is 14.5 Å². The first-order valence-electron chi connectivity index (χ1n) is 7.76. The van der Waals surface area contributed by atoms with Crippen LogP contribution in [0.4, 0.5) is 0 Å². The molecule has 1 aliphatic rings. The van der Waals surface area contributed by atoms with E-state index in [9.17, 15) is 23.1 Å². The van der Waals surface area contributed by atoms with E-state index in [0.717, 1.165) is 0 Å². The molecule has 2 atom stereocenters. The molecule has 1 aromatic rings. The van der Waals surface area contributed by atoms with E-state index in [0.29, 0.717) is 11.5 Å². The summed E-state index contributed by atoms with van der Waals surface area (Å²) in [5, 5.41) is 19.1. The topological polar surface area (TPSA) is 130 Å². The highest BCUT2D eigenvalue weighted by atomic mass is 32.2. The van der Waals surface area contributed by atoms with Crippen molar-refractivity contribution in [2.24, 2.45) is 0 Å². The normalized spacial score (nSPS) is 21.5. The van der Waals surface area contributed by atoms with E-state index in [1.54, 1.807) is 6.07 Å². The number of carboxylic acids is 1. The van der Waals surface area contributed by atoms with Crippen LogP contribution in [0.1, 0.15) is 10.4 Å². The monoisotopic (exact) mass is 387 g/mol. The molecule has 0 amide bonds. The van der Waals surface area contributed by atoms with Crippen LogP contribution in [-0.4, -0.2) is 86.2 Å². The van der Waals surface area contributed by atoms with Gasteiger partial charge >= 0.3 is 5.97 Å². The first-order chi connectivity index (χ1) is 12.2. The van der Waals surface area contributed by atoms with Crippen molar-refractivity contribution in [2.75, 3.05) is 38.8 Å². The molecule has 1 aromatic carbocycles. The van der Waals surface area contributed by atoms with Gasteiger partial charge in [-0.25, -0.2) is 8.42 Å². The average molecular weight is 387 g/mol. The molecule has 0 aliphatic carbocycles. The van der Waals surface area contributed by atoms with Crippen LogP contribution in [0.5, 0.6) is 11.5 Å². The number of carbonyl (C=O) groups is 2. The molecule has 10 heteroatoms. The maximum absolute atomic E-state index is 12.6. The van der Waals surface area contributed by atoms with Gasteiger partial charge in [0.25, 0.3) is 0 Å². The predicted molar refractivity (Wildman–Crippen MR) is 91.5 cm³/mol. The highest BCUT2D eigenvalue weighted by Crippen LogP contribution is 2.28. The molecule has 1 heterocycles. The van der Waals surface area contributed by atoms with Crippen molar-refractivity contribution >= 4 is 21.6 Å². The zero-order valence-electron chi connectivity index (χ0n) is 14.4. The van der Waals surface area contributed by atoms with Crippen LogP contribution >= 0.6 is 0 Å². The number of Topliss-reactive ketones (excluding diaryl/α,β-unsaturated/α-hetero) is 1. The second-order valence-electron chi connectivity index (χ2n) is 6.00. The number of aliphatic hydroxyl groups excluding tert-OH is 1. The third-order valence-electron chi connectivity index (χ3n) is 4.15. The van der Waals surface area contributed by atoms with Crippen molar-refractivity contribution in [3.63, 3.8) is 0 Å². The van der Waals surface area contributed by atoms with Gasteiger partial charge in [0.05, 0.1) is 51.0 Å².